The second-order valence-electron chi connectivity index (χ2n) is 4.45. The molecule has 0 aliphatic carbocycles. The first-order valence-corrected chi connectivity index (χ1v) is 6.39. The van der Waals surface area contributed by atoms with Crippen molar-refractivity contribution in [2.24, 2.45) is 0 Å². The quantitative estimate of drug-likeness (QED) is 0.853. The number of aromatic nitrogens is 1. The van der Waals surface area contributed by atoms with E-state index >= 15 is 0 Å². The summed E-state index contributed by atoms with van der Waals surface area (Å²) >= 11 is 0. The molecule has 1 heterocycles. The number of carbonyl (C=O) groups is 1. The molecule has 0 saturated carbocycles. The minimum Gasteiger partial charge on any atom is -0.493 e. The smallest absolute Gasteiger partial charge is 0.310 e. The van der Waals surface area contributed by atoms with E-state index in [1.807, 2.05) is 19.1 Å². The van der Waals surface area contributed by atoms with Crippen LogP contribution in [-0.4, -0.2) is 48.6 Å². The van der Waals surface area contributed by atoms with Crippen molar-refractivity contribution >= 4 is 35.6 Å². The monoisotopic (exact) mass is 282 g/mol. The number of rotatable bonds is 5. The van der Waals surface area contributed by atoms with Crippen molar-refractivity contribution in [2.75, 3.05) is 13.7 Å². The molecule has 0 aliphatic heterocycles. The molecular weight excluding hydrogens is 265 g/mol. The summed E-state index contributed by atoms with van der Waals surface area (Å²) in [5, 5.41) is 10.8. The molecular formula is C15H17LiNO4. The third kappa shape index (κ3) is 3.49. The van der Waals surface area contributed by atoms with Crippen molar-refractivity contribution in [2.45, 2.75) is 19.8 Å². The molecule has 107 valence electrons. The van der Waals surface area contributed by atoms with Gasteiger partial charge in [0.2, 0.25) is 0 Å². The number of benzene rings is 1. The summed E-state index contributed by atoms with van der Waals surface area (Å²) in [5.74, 6) is -0.295. The fourth-order valence-corrected chi connectivity index (χ4v) is 2.11. The van der Waals surface area contributed by atoms with Gasteiger partial charge in [-0.15, -0.1) is 0 Å². The Labute approximate surface area is 135 Å². The minimum absolute atomic E-state index is 0. The van der Waals surface area contributed by atoms with E-state index in [-0.39, 0.29) is 18.9 Å². The fourth-order valence-electron chi connectivity index (χ4n) is 2.11. The summed E-state index contributed by atoms with van der Waals surface area (Å²) in [6, 6.07) is 3.62. The number of ether oxygens (including phenoxy) is 2. The van der Waals surface area contributed by atoms with Crippen molar-refractivity contribution in [3.05, 3.63) is 30.1 Å². The van der Waals surface area contributed by atoms with Gasteiger partial charge in [0.05, 0.1) is 19.6 Å². The Hall–Kier alpha value is -1.70. The predicted molar refractivity (Wildman–Crippen MR) is 81.3 cm³/mol. The molecule has 0 saturated heterocycles. The summed E-state index contributed by atoms with van der Waals surface area (Å²) in [4.78, 5) is 15.3. The molecule has 0 amide bonds. The van der Waals surface area contributed by atoms with E-state index in [9.17, 15) is 9.90 Å². The zero-order valence-corrected chi connectivity index (χ0v) is 12.7. The first-order valence-electron chi connectivity index (χ1n) is 6.39. The molecule has 1 aromatic heterocycles. The first-order chi connectivity index (χ1) is 9.58. The number of hydrogen-bond donors (Lipinski definition) is 1. The van der Waals surface area contributed by atoms with Gasteiger partial charge >= 0.3 is 5.97 Å². The molecule has 0 bridgehead atoms. The van der Waals surface area contributed by atoms with Gasteiger partial charge in [-0.3, -0.25) is 9.78 Å². The van der Waals surface area contributed by atoms with Crippen LogP contribution in [0.15, 0.2) is 24.5 Å². The van der Waals surface area contributed by atoms with Crippen molar-refractivity contribution in [3.8, 4) is 11.5 Å². The minimum atomic E-state index is -0.881. The topological polar surface area (TPSA) is 68.7 Å². The van der Waals surface area contributed by atoms with Crippen LogP contribution < -0.4 is 9.47 Å². The van der Waals surface area contributed by atoms with E-state index in [1.54, 1.807) is 26.4 Å². The SMILES string of the molecule is CCOc1cc2c(C(C)C(=O)O)cncc2cc1OC.[Li]. The summed E-state index contributed by atoms with van der Waals surface area (Å²) in [6.45, 7) is 4.04. The van der Waals surface area contributed by atoms with Gasteiger partial charge in [0.15, 0.2) is 11.5 Å². The number of methoxy groups -OCH3 is 1. The Morgan fingerprint density at radius 3 is 2.62 bits per heavy atom. The van der Waals surface area contributed by atoms with Gasteiger partial charge in [0.25, 0.3) is 0 Å². The third-order valence-corrected chi connectivity index (χ3v) is 3.21. The van der Waals surface area contributed by atoms with Crippen LogP contribution in [0, 0.1) is 0 Å². The van der Waals surface area contributed by atoms with Gasteiger partial charge in [0.1, 0.15) is 0 Å². The Morgan fingerprint density at radius 1 is 1.33 bits per heavy atom. The summed E-state index contributed by atoms with van der Waals surface area (Å²) in [5.41, 5.74) is 0.665. The van der Waals surface area contributed by atoms with Crippen LogP contribution in [0.25, 0.3) is 10.8 Å². The van der Waals surface area contributed by atoms with Crippen molar-refractivity contribution in [3.63, 3.8) is 0 Å². The number of hydrogen-bond acceptors (Lipinski definition) is 4. The summed E-state index contributed by atoms with van der Waals surface area (Å²) in [7, 11) is 1.57. The Bertz CT molecular complexity index is 645. The molecule has 5 nitrogen and oxygen atoms in total. The van der Waals surface area contributed by atoms with Gasteiger partial charge in [-0.25, -0.2) is 0 Å². The second kappa shape index (κ2) is 7.35. The van der Waals surface area contributed by atoms with Gasteiger partial charge in [0, 0.05) is 36.6 Å². The van der Waals surface area contributed by atoms with Crippen LogP contribution in [0.1, 0.15) is 25.3 Å². The molecule has 1 atom stereocenters. The van der Waals surface area contributed by atoms with Crippen molar-refractivity contribution in [1.82, 2.24) is 4.98 Å². The molecule has 0 fully saturated rings. The molecule has 2 aromatic rings. The average Bonchev–Trinajstić information content (AvgIpc) is 2.45. The predicted octanol–water partition coefficient (Wildman–Crippen LogP) is 2.45. The second-order valence-corrected chi connectivity index (χ2v) is 4.45. The van der Waals surface area contributed by atoms with Gasteiger partial charge in [-0.1, -0.05) is 0 Å². The Morgan fingerprint density at radius 2 is 2.05 bits per heavy atom. The van der Waals surface area contributed by atoms with E-state index in [4.69, 9.17) is 9.47 Å². The summed E-state index contributed by atoms with van der Waals surface area (Å²) in [6.07, 6.45) is 3.27. The largest absolute Gasteiger partial charge is 0.493 e. The Balaban J connectivity index is 0.00000220. The van der Waals surface area contributed by atoms with Crippen LogP contribution in [0.3, 0.4) is 0 Å². The summed E-state index contributed by atoms with van der Waals surface area (Å²) < 4.78 is 10.8. The molecule has 6 heteroatoms. The number of carboxylic acids is 1. The maximum absolute atomic E-state index is 11.2. The van der Waals surface area contributed by atoms with Gasteiger partial charge < -0.3 is 14.6 Å². The van der Waals surface area contributed by atoms with E-state index in [1.165, 1.54) is 0 Å². The molecule has 1 unspecified atom stereocenters. The molecule has 1 radical (unpaired) electrons. The van der Waals surface area contributed by atoms with Gasteiger partial charge in [-0.2, -0.15) is 0 Å². The van der Waals surface area contributed by atoms with E-state index in [0.29, 0.717) is 23.7 Å². The van der Waals surface area contributed by atoms with Crippen LogP contribution in [0.4, 0.5) is 0 Å². The van der Waals surface area contributed by atoms with Crippen LogP contribution in [-0.2, 0) is 4.79 Å². The maximum atomic E-state index is 11.2. The number of pyridine rings is 1. The van der Waals surface area contributed by atoms with Crippen molar-refractivity contribution < 1.29 is 19.4 Å². The zero-order valence-electron chi connectivity index (χ0n) is 12.7. The number of fused-ring (bicyclic) bond motifs is 1. The molecule has 21 heavy (non-hydrogen) atoms. The van der Waals surface area contributed by atoms with E-state index in [0.717, 1.165) is 10.8 Å². The molecule has 0 aliphatic rings. The van der Waals surface area contributed by atoms with Crippen LogP contribution in [0.5, 0.6) is 11.5 Å². The number of nitrogens with zero attached hydrogens (tertiary/aromatic N) is 1. The van der Waals surface area contributed by atoms with Crippen LogP contribution in [0.2, 0.25) is 0 Å². The maximum Gasteiger partial charge on any atom is 0.310 e. The standard InChI is InChI=1S/C15H17NO4.Li/c1-4-20-14-6-11-10(5-13(14)19-3)7-16-8-12(11)9(2)15(17)18;/h5-9H,4H2,1-3H3,(H,17,18);. The Kier molecular flexibility index (Phi) is 6.07. The molecule has 1 aromatic carbocycles. The molecule has 0 spiro atoms. The average molecular weight is 282 g/mol. The first kappa shape index (κ1) is 17.3. The van der Waals surface area contributed by atoms with E-state index < -0.39 is 11.9 Å². The van der Waals surface area contributed by atoms with Crippen molar-refractivity contribution in [1.29, 1.82) is 0 Å². The number of aliphatic carboxylic acids is 1. The number of carboxylic acid groups (broad SMARTS) is 1. The zero-order chi connectivity index (χ0) is 14.7. The third-order valence-electron chi connectivity index (χ3n) is 3.21. The molecule has 1 N–H and O–H groups in total. The molecule has 2 rings (SSSR count). The fraction of sp³-hybridized carbons (Fsp3) is 0.333. The van der Waals surface area contributed by atoms with Crippen LogP contribution >= 0.6 is 0 Å². The van der Waals surface area contributed by atoms with E-state index in [2.05, 4.69) is 4.98 Å². The normalized spacial score (nSPS) is 11.6. The van der Waals surface area contributed by atoms with Gasteiger partial charge in [-0.05, 0) is 36.9 Å².